The van der Waals surface area contributed by atoms with Crippen molar-refractivity contribution in [3.8, 4) is 12.3 Å². The first-order chi connectivity index (χ1) is 13.7. The fourth-order valence-corrected chi connectivity index (χ4v) is 2.34. The number of allylic oxidation sites excluding steroid dienone is 2. The molecule has 1 amide bonds. The van der Waals surface area contributed by atoms with Crippen molar-refractivity contribution < 1.29 is 32.2 Å². The van der Waals surface area contributed by atoms with E-state index in [0.717, 1.165) is 18.6 Å². The van der Waals surface area contributed by atoms with Gasteiger partial charge in [-0.1, -0.05) is 5.92 Å². The molecular formula is C20H23F3N2O4. The third kappa shape index (κ3) is 8.83. The van der Waals surface area contributed by atoms with Gasteiger partial charge in [0.15, 0.2) is 11.9 Å². The lowest BCUT2D eigenvalue weighted by Gasteiger charge is -2.20. The molecule has 29 heavy (non-hydrogen) atoms. The number of carbonyl (C=O) groups excluding carboxylic acids is 2. The summed E-state index contributed by atoms with van der Waals surface area (Å²) in [4.78, 5) is 23.7. The number of terminal acetylenes is 1. The van der Waals surface area contributed by atoms with E-state index in [2.05, 4.69) is 15.8 Å². The van der Waals surface area contributed by atoms with E-state index in [1.165, 1.54) is 12.2 Å². The van der Waals surface area contributed by atoms with E-state index in [1.807, 2.05) is 5.92 Å². The summed E-state index contributed by atoms with van der Waals surface area (Å²) in [7, 11) is 0. The summed E-state index contributed by atoms with van der Waals surface area (Å²) in [6.45, 7) is 2.13. The van der Waals surface area contributed by atoms with E-state index >= 15 is 0 Å². The molecule has 1 rings (SSSR count). The number of halogens is 3. The largest absolute Gasteiger partial charge is 0.419 e. The number of carbonyl (C=O) groups is 2. The molecule has 0 aromatic heterocycles. The molecule has 3 N–H and O–H groups in total. The van der Waals surface area contributed by atoms with Crippen molar-refractivity contribution in [3.63, 3.8) is 0 Å². The average Bonchev–Trinajstić information content (AvgIpc) is 3.17. The van der Waals surface area contributed by atoms with Gasteiger partial charge in [-0.3, -0.25) is 9.59 Å². The Balaban J connectivity index is 2.70. The van der Waals surface area contributed by atoms with E-state index in [1.54, 1.807) is 6.92 Å². The van der Waals surface area contributed by atoms with Crippen molar-refractivity contribution in [2.24, 2.45) is 11.7 Å². The first-order valence-corrected chi connectivity index (χ1v) is 8.77. The minimum atomic E-state index is -4.84. The van der Waals surface area contributed by atoms with Gasteiger partial charge in [-0.05, 0) is 31.6 Å². The highest BCUT2D eigenvalue weighted by atomic mass is 19.4. The fourth-order valence-electron chi connectivity index (χ4n) is 2.34. The highest BCUT2D eigenvalue weighted by Gasteiger charge is 2.43. The first kappa shape index (κ1) is 24.2. The topological polar surface area (TPSA) is 90.7 Å². The van der Waals surface area contributed by atoms with Gasteiger partial charge in [-0.25, -0.2) is 0 Å². The van der Waals surface area contributed by atoms with Crippen LogP contribution in [0.4, 0.5) is 13.2 Å². The van der Waals surface area contributed by atoms with Crippen LogP contribution >= 0.6 is 0 Å². The van der Waals surface area contributed by atoms with Gasteiger partial charge in [0.2, 0.25) is 0 Å². The maximum Gasteiger partial charge on any atom is 0.419 e. The molecule has 0 spiro atoms. The van der Waals surface area contributed by atoms with Crippen LogP contribution in [0.25, 0.3) is 0 Å². The summed E-state index contributed by atoms with van der Waals surface area (Å²) in [6, 6.07) is 0. The van der Waals surface area contributed by atoms with Crippen LogP contribution < -0.4 is 11.1 Å². The summed E-state index contributed by atoms with van der Waals surface area (Å²) in [5.41, 5.74) is 7.14. The summed E-state index contributed by atoms with van der Waals surface area (Å²) in [6.07, 6.45) is 3.05. The Bertz CT molecular complexity index is 751. The van der Waals surface area contributed by atoms with Crippen molar-refractivity contribution >= 4 is 11.7 Å². The number of alkyl halides is 3. The minimum absolute atomic E-state index is 0.156. The fraction of sp³-hybridized carbons (Fsp3) is 0.450. The normalized spacial score (nSPS) is 18.4. The van der Waals surface area contributed by atoms with Crippen molar-refractivity contribution in [1.82, 2.24) is 5.32 Å². The van der Waals surface area contributed by atoms with Gasteiger partial charge in [0.1, 0.15) is 12.3 Å². The Kier molecular flexibility index (Phi) is 9.97. The van der Waals surface area contributed by atoms with Gasteiger partial charge >= 0.3 is 6.18 Å². The molecule has 0 aromatic carbocycles. The molecule has 0 radical (unpaired) electrons. The number of hydrogen-bond acceptors (Lipinski definition) is 5. The molecule has 0 aliphatic carbocycles. The molecule has 1 aliphatic rings. The monoisotopic (exact) mass is 412 g/mol. The zero-order valence-corrected chi connectivity index (χ0v) is 15.9. The Morgan fingerprint density at radius 3 is 2.72 bits per heavy atom. The van der Waals surface area contributed by atoms with Gasteiger partial charge in [-0.15, -0.1) is 12.2 Å². The minimum Gasteiger partial charge on any atom is -0.394 e. The van der Waals surface area contributed by atoms with Gasteiger partial charge in [-0.2, -0.15) is 13.2 Å². The molecule has 0 bridgehead atoms. The predicted molar refractivity (Wildman–Crippen MR) is 100 cm³/mol. The Hall–Kier alpha value is -2.79. The second kappa shape index (κ2) is 11.9. The van der Waals surface area contributed by atoms with E-state index < -0.39 is 41.8 Å². The maximum atomic E-state index is 13.2. The van der Waals surface area contributed by atoms with Crippen LogP contribution in [-0.2, 0) is 19.1 Å². The highest BCUT2D eigenvalue weighted by molar-refractivity contribution is 6.01. The van der Waals surface area contributed by atoms with Crippen LogP contribution in [0.1, 0.15) is 13.3 Å². The lowest BCUT2D eigenvalue weighted by atomic mass is 10.1. The summed E-state index contributed by atoms with van der Waals surface area (Å²) >= 11 is 0. The van der Waals surface area contributed by atoms with E-state index in [4.69, 9.17) is 16.9 Å². The number of ether oxygens (including phenoxy) is 2. The lowest BCUT2D eigenvalue weighted by molar-refractivity contribution is -0.205. The maximum absolute atomic E-state index is 13.2. The van der Waals surface area contributed by atoms with E-state index in [-0.39, 0.29) is 5.92 Å². The van der Waals surface area contributed by atoms with Crippen molar-refractivity contribution in [2.45, 2.75) is 25.6 Å². The number of hydrogen-bond donors (Lipinski definition) is 2. The molecule has 1 saturated heterocycles. The smallest absolute Gasteiger partial charge is 0.394 e. The highest BCUT2D eigenvalue weighted by Crippen LogP contribution is 2.28. The number of rotatable bonds is 9. The van der Waals surface area contributed by atoms with Gasteiger partial charge in [0.25, 0.3) is 5.91 Å². The van der Waals surface area contributed by atoms with Crippen molar-refractivity contribution in [2.75, 3.05) is 26.4 Å². The molecule has 1 fully saturated rings. The van der Waals surface area contributed by atoms with Gasteiger partial charge in [0.05, 0.1) is 6.61 Å². The van der Waals surface area contributed by atoms with Gasteiger partial charge in [0, 0.05) is 30.7 Å². The molecule has 1 aliphatic heterocycles. The molecular weight excluding hydrogens is 389 g/mol. The average molecular weight is 412 g/mol. The van der Waals surface area contributed by atoms with Crippen LogP contribution in [0, 0.1) is 18.3 Å². The van der Waals surface area contributed by atoms with Crippen LogP contribution in [0.15, 0.2) is 41.3 Å². The SMILES string of the molecule is C#C/C(=C\C=C=CC)C(OCC(=O)C=C(N)C(=O)NCC1CCOC1)C(F)(F)F. The van der Waals surface area contributed by atoms with Crippen LogP contribution in [0.5, 0.6) is 0 Å². The van der Waals surface area contributed by atoms with Gasteiger partial charge < -0.3 is 20.5 Å². The van der Waals surface area contributed by atoms with E-state index in [9.17, 15) is 22.8 Å². The number of amides is 1. The molecule has 0 saturated carbocycles. The lowest BCUT2D eigenvalue weighted by Crippen LogP contribution is -2.35. The van der Waals surface area contributed by atoms with Crippen LogP contribution in [0.2, 0.25) is 0 Å². The van der Waals surface area contributed by atoms with Crippen LogP contribution in [-0.4, -0.2) is 50.3 Å². The third-order valence-corrected chi connectivity index (χ3v) is 3.82. The second-order valence-corrected chi connectivity index (χ2v) is 6.13. The molecule has 0 aromatic rings. The quantitative estimate of drug-likeness (QED) is 0.261. The Labute approximate surface area is 167 Å². The Morgan fingerprint density at radius 2 is 2.17 bits per heavy atom. The summed E-state index contributed by atoms with van der Waals surface area (Å²) < 4.78 is 49.5. The standard InChI is InChI=1S/C20H23F3N2O4/c1-3-5-6-7-15(4-2)18(20(21,22)23)29-13-16(26)10-17(24)19(27)25-11-14-8-9-28-12-14/h2-3,6-7,10,14,18H,8-9,11-13,24H2,1H3,(H,25,27)/b15-7+,17-10?. The van der Waals surface area contributed by atoms with Crippen LogP contribution in [0.3, 0.4) is 0 Å². The predicted octanol–water partition coefficient (Wildman–Crippen LogP) is 1.79. The summed E-state index contributed by atoms with van der Waals surface area (Å²) in [5.74, 6) is 0.453. The number of nitrogens with one attached hydrogen (secondary N) is 1. The number of ketones is 1. The number of nitrogens with two attached hydrogens (primary N) is 1. The molecule has 2 unspecified atom stereocenters. The third-order valence-electron chi connectivity index (χ3n) is 3.82. The molecule has 2 atom stereocenters. The molecule has 158 valence electrons. The van der Waals surface area contributed by atoms with Crippen molar-refractivity contribution in [1.29, 1.82) is 0 Å². The summed E-state index contributed by atoms with van der Waals surface area (Å²) in [5, 5.41) is 2.54. The molecule has 1 heterocycles. The molecule has 6 nitrogen and oxygen atoms in total. The zero-order valence-electron chi connectivity index (χ0n) is 15.9. The first-order valence-electron chi connectivity index (χ1n) is 8.77. The van der Waals surface area contributed by atoms with E-state index in [0.29, 0.717) is 19.8 Å². The second-order valence-electron chi connectivity index (χ2n) is 6.13. The zero-order chi connectivity index (χ0) is 21.9. The molecule has 9 heteroatoms. The van der Waals surface area contributed by atoms with Crippen molar-refractivity contribution in [3.05, 3.63) is 41.3 Å². The Morgan fingerprint density at radius 1 is 1.45 bits per heavy atom.